The summed E-state index contributed by atoms with van der Waals surface area (Å²) in [6.45, 7) is 8.99. The van der Waals surface area contributed by atoms with Gasteiger partial charge in [-0.25, -0.2) is 4.39 Å². The Morgan fingerprint density at radius 1 is 1.03 bits per heavy atom. The van der Waals surface area contributed by atoms with E-state index in [1.165, 1.54) is 24.3 Å². The molecule has 0 spiro atoms. The summed E-state index contributed by atoms with van der Waals surface area (Å²) in [6.07, 6.45) is 1.76. The topological polar surface area (TPSA) is 73.0 Å². The SMILES string of the molecule is CCN(CC)C(=O)CN1CCCN(C(=O)CCCNC(=O)c2ccc(F)cc2)CC1. The molecule has 1 heterocycles. The van der Waals surface area contributed by atoms with Crippen LogP contribution in [0.1, 0.15) is 43.5 Å². The highest BCUT2D eigenvalue weighted by molar-refractivity contribution is 5.94. The zero-order valence-corrected chi connectivity index (χ0v) is 18.0. The van der Waals surface area contributed by atoms with Crippen molar-refractivity contribution in [3.05, 3.63) is 35.6 Å². The second-order valence-corrected chi connectivity index (χ2v) is 7.44. The Bertz CT molecular complexity index is 707. The van der Waals surface area contributed by atoms with E-state index in [0.29, 0.717) is 64.2 Å². The minimum Gasteiger partial charge on any atom is -0.352 e. The molecular weight excluding hydrogens is 387 g/mol. The standard InChI is InChI=1S/C22H33FN4O3/c1-3-26(4-2)21(29)17-25-13-6-14-27(16-15-25)20(28)7-5-12-24-22(30)18-8-10-19(23)11-9-18/h8-11H,3-7,12-17H2,1-2H3,(H,24,30). The zero-order valence-electron chi connectivity index (χ0n) is 18.0. The molecule has 8 heteroatoms. The largest absolute Gasteiger partial charge is 0.352 e. The molecule has 1 aromatic carbocycles. The van der Waals surface area contributed by atoms with Gasteiger partial charge in [-0.1, -0.05) is 0 Å². The fourth-order valence-corrected chi connectivity index (χ4v) is 3.55. The maximum atomic E-state index is 12.9. The van der Waals surface area contributed by atoms with E-state index in [1.54, 1.807) is 0 Å². The predicted molar refractivity (Wildman–Crippen MR) is 114 cm³/mol. The number of halogens is 1. The number of rotatable bonds is 9. The maximum absolute atomic E-state index is 12.9. The summed E-state index contributed by atoms with van der Waals surface area (Å²) in [5, 5.41) is 2.76. The minimum atomic E-state index is -0.384. The molecule has 2 rings (SSSR count). The predicted octanol–water partition coefficient (Wildman–Crippen LogP) is 1.74. The molecule has 1 aliphatic heterocycles. The molecule has 0 bridgehead atoms. The number of carbonyl (C=O) groups is 3. The van der Waals surface area contributed by atoms with E-state index in [9.17, 15) is 18.8 Å². The van der Waals surface area contributed by atoms with Crippen molar-refractivity contribution in [2.75, 3.05) is 52.4 Å². The Labute approximate surface area is 178 Å². The summed E-state index contributed by atoms with van der Waals surface area (Å²) in [5.74, 6) is -0.448. The molecule has 7 nitrogen and oxygen atoms in total. The van der Waals surface area contributed by atoms with Crippen LogP contribution in [0.5, 0.6) is 0 Å². The summed E-state index contributed by atoms with van der Waals surface area (Å²) in [6, 6.07) is 5.36. The maximum Gasteiger partial charge on any atom is 0.251 e. The van der Waals surface area contributed by atoms with E-state index in [0.717, 1.165) is 13.0 Å². The lowest BCUT2D eigenvalue weighted by Crippen LogP contribution is -2.42. The van der Waals surface area contributed by atoms with Gasteiger partial charge < -0.3 is 15.1 Å². The van der Waals surface area contributed by atoms with Crippen molar-refractivity contribution in [3.63, 3.8) is 0 Å². The summed E-state index contributed by atoms with van der Waals surface area (Å²) in [7, 11) is 0. The molecule has 0 atom stereocenters. The van der Waals surface area contributed by atoms with Crippen LogP contribution in [0, 0.1) is 5.82 Å². The number of hydrogen-bond donors (Lipinski definition) is 1. The van der Waals surface area contributed by atoms with E-state index in [-0.39, 0.29) is 23.5 Å². The average Bonchev–Trinajstić information content (AvgIpc) is 2.98. The van der Waals surface area contributed by atoms with Crippen LogP contribution in [0.4, 0.5) is 4.39 Å². The lowest BCUT2D eigenvalue weighted by Gasteiger charge is -2.25. The van der Waals surface area contributed by atoms with Crippen LogP contribution in [-0.2, 0) is 9.59 Å². The smallest absolute Gasteiger partial charge is 0.251 e. The average molecular weight is 421 g/mol. The van der Waals surface area contributed by atoms with Gasteiger partial charge in [0, 0.05) is 57.8 Å². The van der Waals surface area contributed by atoms with Gasteiger partial charge in [0.15, 0.2) is 0 Å². The molecule has 1 fully saturated rings. The Kier molecular flexibility index (Phi) is 9.73. The molecule has 0 radical (unpaired) electrons. The van der Waals surface area contributed by atoms with E-state index in [2.05, 4.69) is 10.2 Å². The quantitative estimate of drug-likeness (QED) is 0.618. The molecule has 166 valence electrons. The van der Waals surface area contributed by atoms with Crippen molar-refractivity contribution >= 4 is 17.7 Å². The van der Waals surface area contributed by atoms with Gasteiger partial charge >= 0.3 is 0 Å². The van der Waals surface area contributed by atoms with Gasteiger partial charge in [-0.3, -0.25) is 19.3 Å². The van der Waals surface area contributed by atoms with Crippen molar-refractivity contribution in [1.82, 2.24) is 20.0 Å². The summed E-state index contributed by atoms with van der Waals surface area (Å²) in [5.41, 5.74) is 0.398. The van der Waals surface area contributed by atoms with Crippen molar-refractivity contribution < 1.29 is 18.8 Å². The highest BCUT2D eigenvalue weighted by atomic mass is 19.1. The molecule has 0 saturated carbocycles. The Morgan fingerprint density at radius 2 is 1.73 bits per heavy atom. The van der Waals surface area contributed by atoms with Gasteiger partial charge in [0.2, 0.25) is 11.8 Å². The number of carbonyl (C=O) groups excluding carboxylic acids is 3. The first-order valence-electron chi connectivity index (χ1n) is 10.8. The first-order valence-corrected chi connectivity index (χ1v) is 10.8. The third-order valence-electron chi connectivity index (χ3n) is 5.38. The Hall–Kier alpha value is -2.48. The van der Waals surface area contributed by atoms with Crippen LogP contribution < -0.4 is 5.32 Å². The molecule has 1 aliphatic rings. The van der Waals surface area contributed by atoms with E-state index in [1.807, 2.05) is 23.6 Å². The Morgan fingerprint density at radius 3 is 2.40 bits per heavy atom. The highest BCUT2D eigenvalue weighted by Crippen LogP contribution is 2.07. The molecule has 0 aromatic heterocycles. The van der Waals surface area contributed by atoms with Gasteiger partial charge in [0.1, 0.15) is 5.82 Å². The number of likely N-dealkylation sites (N-methyl/N-ethyl adjacent to an activating group) is 1. The fourth-order valence-electron chi connectivity index (χ4n) is 3.55. The summed E-state index contributed by atoms with van der Waals surface area (Å²) in [4.78, 5) is 42.6. The highest BCUT2D eigenvalue weighted by Gasteiger charge is 2.21. The first-order chi connectivity index (χ1) is 14.4. The molecular formula is C22H33FN4O3. The second kappa shape index (κ2) is 12.3. The van der Waals surface area contributed by atoms with Crippen molar-refractivity contribution in [1.29, 1.82) is 0 Å². The third kappa shape index (κ3) is 7.40. The molecule has 1 N–H and O–H groups in total. The van der Waals surface area contributed by atoms with Crippen LogP contribution in [0.15, 0.2) is 24.3 Å². The van der Waals surface area contributed by atoms with E-state index in [4.69, 9.17) is 0 Å². The van der Waals surface area contributed by atoms with Gasteiger partial charge in [-0.2, -0.15) is 0 Å². The van der Waals surface area contributed by atoms with Crippen molar-refractivity contribution in [3.8, 4) is 0 Å². The lowest BCUT2D eigenvalue weighted by molar-refractivity contribution is -0.132. The normalized spacial score (nSPS) is 14.8. The Balaban J connectivity index is 1.69. The van der Waals surface area contributed by atoms with Gasteiger partial charge in [0.25, 0.3) is 5.91 Å². The van der Waals surface area contributed by atoms with Crippen molar-refractivity contribution in [2.24, 2.45) is 0 Å². The molecule has 1 saturated heterocycles. The molecule has 0 aliphatic carbocycles. The number of hydrogen-bond acceptors (Lipinski definition) is 4. The van der Waals surface area contributed by atoms with E-state index < -0.39 is 0 Å². The van der Waals surface area contributed by atoms with Crippen LogP contribution >= 0.6 is 0 Å². The van der Waals surface area contributed by atoms with Crippen LogP contribution in [0.2, 0.25) is 0 Å². The number of amides is 3. The zero-order chi connectivity index (χ0) is 21.9. The van der Waals surface area contributed by atoms with Gasteiger partial charge in [-0.15, -0.1) is 0 Å². The van der Waals surface area contributed by atoms with Crippen LogP contribution in [0.25, 0.3) is 0 Å². The number of benzene rings is 1. The molecule has 30 heavy (non-hydrogen) atoms. The molecule has 0 unspecified atom stereocenters. The van der Waals surface area contributed by atoms with Crippen LogP contribution in [-0.4, -0.2) is 84.8 Å². The lowest BCUT2D eigenvalue weighted by atomic mass is 10.2. The second-order valence-electron chi connectivity index (χ2n) is 7.44. The number of nitrogens with one attached hydrogen (secondary N) is 1. The van der Waals surface area contributed by atoms with Gasteiger partial charge in [-0.05, 0) is 51.0 Å². The summed E-state index contributed by atoms with van der Waals surface area (Å²) >= 11 is 0. The summed E-state index contributed by atoms with van der Waals surface area (Å²) < 4.78 is 12.9. The van der Waals surface area contributed by atoms with Crippen LogP contribution in [0.3, 0.4) is 0 Å². The van der Waals surface area contributed by atoms with E-state index >= 15 is 0 Å². The third-order valence-corrected chi connectivity index (χ3v) is 5.38. The first kappa shape index (κ1) is 23.8. The van der Waals surface area contributed by atoms with Gasteiger partial charge in [0.05, 0.1) is 6.54 Å². The molecule has 3 amide bonds. The van der Waals surface area contributed by atoms with Crippen molar-refractivity contribution in [2.45, 2.75) is 33.1 Å². The number of nitrogens with zero attached hydrogens (tertiary/aromatic N) is 3. The monoisotopic (exact) mass is 420 g/mol. The minimum absolute atomic E-state index is 0.0722. The molecule has 1 aromatic rings. The fraction of sp³-hybridized carbons (Fsp3) is 0.591.